The normalized spacial score (nSPS) is 14.3. The number of nitrogens with one attached hydrogen (secondary N) is 1. The SMILES string of the molecule is CCOc1ccc(-c2cc(C)[n+](CC[NH+]3CCOCC3)c(-c3ccc(OCC)cc3)c2)cc1. The van der Waals surface area contributed by atoms with Crippen LogP contribution in [0, 0.1) is 6.92 Å². The lowest BCUT2D eigenvalue weighted by atomic mass is 10.0. The van der Waals surface area contributed by atoms with Crippen molar-refractivity contribution in [2.24, 2.45) is 0 Å². The molecule has 5 heteroatoms. The molecule has 0 spiro atoms. The summed E-state index contributed by atoms with van der Waals surface area (Å²) < 4.78 is 19.3. The minimum absolute atomic E-state index is 0.675. The third kappa shape index (κ3) is 5.92. The molecule has 3 aromatic rings. The highest BCUT2D eigenvalue weighted by Crippen LogP contribution is 2.28. The van der Waals surface area contributed by atoms with Crippen LogP contribution in [0.4, 0.5) is 0 Å². The Morgan fingerprint density at radius 1 is 0.788 bits per heavy atom. The van der Waals surface area contributed by atoms with E-state index >= 15 is 0 Å². The van der Waals surface area contributed by atoms with Crippen molar-refractivity contribution in [1.82, 2.24) is 0 Å². The van der Waals surface area contributed by atoms with Gasteiger partial charge >= 0.3 is 0 Å². The molecule has 1 aliphatic heterocycles. The van der Waals surface area contributed by atoms with Gasteiger partial charge in [0.05, 0.1) is 26.4 Å². The number of aryl methyl sites for hydroxylation is 1. The van der Waals surface area contributed by atoms with Gasteiger partial charge in [0.1, 0.15) is 31.1 Å². The van der Waals surface area contributed by atoms with Gasteiger partial charge in [0, 0.05) is 24.6 Å². The van der Waals surface area contributed by atoms with Crippen LogP contribution in [-0.4, -0.2) is 46.1 Å². The van der Waals surface area contributed by atoms with Gasteiger partial charge in [-0.05, 0) is 61.4 Å². The van der Waals surface area contributed by atoms with Gasteiger partial charge in [-0.25, -0.2) is 0 Å². The molecule has 0 saturated carbocycles. The zero-order valence-corrected chi connectivity index (χ0v) is 20.1. The monoisotopic (exact) mass is 448 g/mol. The summed E-state index contributed by atoms with van der Waals surface area (Å²) in [6.45, 7) is 13.6. The Morgan fingerprint density at radius 3 is 1.94 bits per heavy atom. The Labute approximate surface area is 197 Å². The van der Waals surface area contributed by atoms with Gasteiger partial charge in [-0.15, -0.1) is 0 Å². The first-order chi connectivity index (χ1) is 16.2. The van der Waals surface area contributed by atoms with Gasteiger partial charge in [-0.3, -0.25) is 0 Å². The Bertz CT molecular complexity index is 1030. The summed E-state index contributed by atoms with van der Waals surface area (Å²) in [5.74, 6) is 1.81. The first-order valence-corrected chi connectivity index (χ1v) is 12.1. The summed E-state index contributed by atoms with van der Waals surface area (Å²) in [7, 11) is 0. The Hall–Kier alpha value is -2.89. The van der Waals surface area contributed by atoms with Gasteiger partial charge in [0.25, 0.3) is 0 Å². The number of nitrogens with zero attached hydrogens (tertiary/aromatic N) is 1. The molecule has 0 bridgehead atoms. The zero-order valence-electron chi connectivity index (χ0n) is 20.1. The fourth-order valence-corrected chi connectivity index (χ4v) is 4.44. The van der Waals surface area contributed by atoms with Crippen molar-refractivity contribution >= 4 is 0 Å². The van der Waals surface area contributed by atoms with E-state index in [0.717, 1.165) is 50.9 Å². The zero-order chi connectivity index (χ0) is 23.0. The molecule has 1 aliphatic rings. The second-order valence-corrected chi connectivity index (χ2v) is 8.45. The summed E-state index contributed by atoms with van der Waals surface area (Å²) in [5.41, 5.74) is 6.10. The van der Waals surface area contributed by atoms with E-state index < -0.39 is 0 Å². The van der Waals surface area contributed by atoms with Crippen LogP contribution in [0.3, 0.4) is 0 Å². The fourth-order valence-electron chi connectivity index (χ4n) is 4.44. The lowest BCUT2D eigenvalue weighted by molar-refractivity contribution is -0.925. The highest BCUT2D eigenvalue weighted by Gasteiger charge is 2.22. The molecule has 33 heavy (non-hydrogen) atoms. The second-order valence-electron chi connectivity index (χ2n) is 8.45. The molecule has 2 aromatic carbocycles. The van der Waals surface area contributed by atoms with E-state index in [1.165, 1.54) is 28.1 Å². The predicted molar refractivity (Wildman–Crippen MR) is 131 cm³/mol. The average molecular weight is 449 g/mol. The molecular weight excluding hydrogens is 412 g/mol. The van der Waals surface area contributed by atoms with Gasteiger partial charge in [0.2, 0.25) is 5.69 Å². The van der Waals surface area contributed by atoms with Crippen molar-refractivity contribution in [3.05, 3.63) is 66.4 Å². The minimum atomic E-state index is 0.675. The lowest BCUT2D eigenvalue weighted by Gasteiger charge is -2.23. The van der Waals surface area contributed by atoms with Gasteiger partial charge < -0.3 is 19.1 Å². The van der Waals surface area contributed by atoms with E-state index in [1.54, 1.807) is 4.90 Å². The van der Waals surface area contributed by atoms with Gasteiger partial charge in [-0.2, -0.15) is 4.57 Å². The fraction of sp³-hybridized carbons (Fsp3) is 0.393. The van der Waals surface area contributed by atoms with E-state index in [9.17, 15) is 0 Å². The number of ether oxygens (including phenoxy) is 3. The third-order valence-corrected chi connectivity index (χ3v) is 6.22. The minimum Gasteiger partial charge on any atom is -0.494 e. The number of pyridine rings is 1. The first kappa shape index (κ1) is 23.3. The number of morpholine rings is 1. The quantitative estimate of drug-likeness (QED) is 0.510. The van der Waals surface area contributed by atoms with Crippen LogP contribution in [0.2, 0.25) is 0 Å². The van der Waals surface area contributed by atoms with Crippen LogP contribution < -0.4 is 18.9 Å². The van der Waals surface area contributed by atoms with E-state index in [0.29, 0.717) is 13.2 Å². The molecule has 2 heterocycles. The molecule has 4 rings (SSSR count). The number of rotatable bonds is 9. The predicted octanol–water partition coefficient (Wildman–Crippen LogP) is 3.33. The molecule has 0 radical (unpaired) electrons. The first-order valence-electron chi connectivity index (χ1n) is 12.1. The maximum absolute atomic E-state index is 5.67. The van der Waals surface area contributed by atoms with Crippen LogP contribution in [0.25, 0.3) is 22.4 Å². The molecule has 1 N–H and O–H groups in total. The van der Waals surface area contributed by atoms with Crippen molar-refractivity contribution in [3.63, 3.8) is 0 Å². The van der Waals surface area contributed by atoms with Crippen molar-refractivity contribution in [2.45, 2.75) is 27.3 Å². The average Bonchev–Trinajstić information content (AvgIpc) is 2.85. The number of hydrogen-bond donors (Lipinski definition) is 1. The topological polar surface area (TPSA) is 36.0 Å². The van der Waals surface area contributed by atoms with Crippen LogP contribution in [0.5, 0.6) is 11.5 Å². The Balaban J connectivity index is 1.68. The van der Waals surface area contributed by atoms with Crippen molar-refractivity contribution in [2.75, 3.05) is 46.1 Å². The van der Waals surface area contributed by atoms with E-state index in [2.05, 4.69) is 60.0 Å². The van der Waals surface area contributed by atoms with Crippen LogP contribution >= 0.6 is 0 Å². The molecular formula is C28H36N2O3+2. The van der Waals surface area contributed by atoms with Crippen LogP contribution in [-0.2, 0) is 11.3 Å². The van der Waals surface area contributed by atoms with Crippen molar-refractivity contribution in [3.8, 4) is 33.9 Å². The standard InChI is InChI=1S/C28H35N2O3/c1-4-32-26-10-6-23(7-11-26)25-20-22(3)30(15-14-29-16-18-31-19-17-29)28(21-25)24-8-12-27(13-9-24)33-5-2/h6-13,20-21H,4-5,14-19H2,1-3H3/q+1/p+1. The Morgan fingerprint density at radius 2 is 1.36 bits per heavy atom. The number of aromatic nitrogens is 1. The van der Waals surface area contributed by atoms with Crippen molar-refractivity contribution in [1.29, 1.82) is 0 Å². The summed E-state index contributed by atoms with van der Waals surface area (Å²) in [4.78, 5) is 1.61. The Kier molecular flexibility index (Phi) is 7.97. The number of benzene rings is 2. The molecule has 0 atom stereocenters. The summed E-state index contributed by atoms with van der Waals surface area (Å²) in [6, 6.07) is 21.5. The highest BCUT2D eigenvalue weighted by atomic mass is 16.5. The summed E-state index contributed by atoms with van der Waals surface area (Å²) >= 11 is 0. The van der Waals surface area contributed by atoms with Crippen LogP contribution in [0.15, 0.2) is 60.7 Å². The van der Waals surface area contributed by atoms with Gasteiger partial charge in [-0.1, -0.05) is 12.1 Å². The maximum atomic E-state index is 5.67. The molecule has 0 amide bonds. The van der Waals surface area contributed by atoms with E-state index in [1.807, 2.05) is 26.0 Å². The summed E-state index contributed by atoms with van der Waals surface area (Å²) in [6.07, 6.45) is 0. The third-order valence-electron chi connectivity index (χ3n) is 6.22. The molecule has 1 aromatic heterocycles. The molecule has 1 fully saturated rings. The maximum Gasteiger partial charge on any atom is 0.213 e. The molecule has 0 aliphatic carbocycles. The van der Waals surface area contributed by atoms with E-state index in [-0.39, 0.29) is 0 Å². The lowest BCUT2D eigenvalue weighted by Crippen LogP contribution is -3.14. The van der Waals surface area contributed by atoms with Crippen LogP contribution in [0.1, 0.15) is 19.5 Å². The smallest absolute Gasteiger partial charge is 0.213 e. The highest BCUT2D eigenvalue weighted by molar-refractivity contribution is 5.70. The largest absolute Gasteiger partial charge is 0.494 e. The second kappa shape index (κ2) is 11.3. The molecule has 0 unspecified atom stereocenters. The van der Waals surface area contributed by atoms with Crippen molar-refractivity contribution < 1.29 is 23.7 Å². The van der Waals surface area contributed by atoms with Gasteiger partial charge in [0.15, 0.2) is 12.2 Å². The summed E-state index contributed by atoms with van der Waals surface area (Å²) in [5, 5.41) is 0. The molecule has 5 nitrogen and oxygen atoms in total. The molecule has 174 valence electrons. The number of quaternary nitrogens is 1. The number of hydrogen-bond acceptors (Lipinski definition) is 3. The molecule has 1 saturated heterocycles. The van der Waals surface area contributed by atoms with E-state index in [4.69, 9.17) is 14.2 Å².